The number of H-pyrrole nitrogens is 1. The van der Waals surface area contributed by atoms with Gasteiger partial charge in [0.05, 0.1) is 0 Å². The van der Waals surface area contributed by atoms with Crippen LogP contribution in [0, 0.1) is 5.92 Å². The van der Waals surface area contributed by atoms with Crippen LogP contribution in [0.15, 0.2) is 42.7 Å². The second-order valence-electron chi connectivity index (χ2n) is 6.08. The van der Waals surface area contributed by atoms with Crippen molar-refractivity contribution in [1.82, 2.24) is 15.0 Å². The van der Waals surface area contributed by atoms with Gasteiger partial charge in [0.15, 0.2) is 0 Å². The van der Waals surface area contributed by atoms with Crippen molar-refractivity contribution in [3.8, 4) is 0 Å². The van der Waals surface area contributed by atoms with Crippen LogP contribution in [0.2, 0.25) is 0 Å². The predicted octanol–water partition coefficient (Wildman–Crippen LogP) is 3.68. The molecule has 0 amide bonds. The summed E-state index contributed by atoms with van der Waals surface area (Å²) in [7, 11) is 0. The Hall–Kier alpha value is -2.56. The maximum absolute atomic E-state index is 4.48. The van der Waals surface area contributed by atoms with Crippen molar-refractivity contribution in [2.75, 3.05) is 23.7 Å². The molecule has 0 radical (unpaired) electrons. The normalized spacial score (nSPS) is 11.1. The van der Waals surface area contributed by atoms with Crippen LogP contribution in [-0.2, 0) is 6.42 Å². The van der Waals surface area contributed by atoms with Crippen LogP contribution in [-0.4, -0.2) is 28.0 Å². The molecular weight excluding hydrogens is 286 g/mol. The largest absolute Gasteiger partial charge is 0.370 e. The smallest absolute Gasteiger partial charge is 0.224 e. The molecule has 3 rings (SSSR count). The fourth-order valence-electron chi connectivity index (χ4n) is 2.50. The third-order valence-electron chi connectivity index (χ3n) is 3.70. The summed E-state index contributed by atoms with van der Waals surface area (Å²) in [6.45, 7) is 6.04. The number of anilines is 2. The topological polar surface area (TPSA) is 65.6 Å². The van der Waals surface area contributed by atoms with Gasteiger partial charge in [0, 0.05) is 36.4 Å². The quantitative estimate of drug-likeness (QED) is 0.623. The number of hydrogen-bond donors (Lipinski definition) is 3. The summed E-state index contributed by atoms with van der Waals surface area (Å²) < 4.78 is 0. The number of hydrogen-bond acceptors (Lipinski definition) is 4. The van der Waals surface area contributed by atoms with Gasteiger partial charge in [-0.2, -0.15) is 4.98 Å². The number of aromatic nitrogens is 3. The molecule has 0 atom stereocenters. The number of nitrogens with one attached hydrogen (secondary N) is 3. The minimum absolute atomic E-state index is 0.567. The molecule has 1 aromatic carbocycles. The van der Waals surface area contributed by atoms with Gasteiger partial charge in [0.2, 0.25) is 5.95 Å². The number of rotatable bonds is 7. The molecule has 0 aliphatic rings. The molecule has 0 unspecified atom stereocenters. The first-order valence-corrected chi connectivity index (χ1v) is 8.08. The van der Waals surface area contributed by atoms with E-state index in [1.807, 2.05) is 12.1 Å². The molecule has 120 valence electrons. The Labute approximate surface area is 136 Å². The standard InChI is InChI=1S/C18H23N5/c1-13(2)11-22-18-20-10-8-17(23-18)19-9-7-14-12-21-16-6-4-3-5-15(14)16/h3-6,8,10,12-13,21H,7,9,11H2,1-2H3,(H2,19,20,22,23). The zero-order valence-corrected chi connectivity index (χ0v) is 13.6. The Morgan fingerprint density at radius 3 is 2.87 bits per heavy atom. The molecule has 3 aromatic rings. The van der Waals surface area contributed by atoms with E-state index in [4.69, 9.17) is 0 Å². The number of para-hydroxylation sites is 1. The molecule has 5 heteroatoms. The first-order valence-electron chi connectivity index (χ1n) is 8.08. The minimum Gasteiger partial charge on any atom is -0.370 e. The van der Waals surface area contributed by atoms with Crippen molar-refractivity contribution in [3.05, 3.63) is 48.3 Å². The maximum atomic E-state index is 4.48. The first-order chi connectivity index (χ1) is 11.2. The van der Waals surface area contributed by atoms with E-state index < -0.39 is 0 Å². The van der Waals surface area contributed by atoms with Gasteiger partial charge < -0.3 is 15.6 Å². The number of fused-ring (bicyclic) bond motifs is 1. The molecular formula is C18H23N5. The molecule has 0 aliphatic carbocycles. The van der Waals surface area contributed by atoms with Crippen LogP contribution in [0.3, 0.4) is 0 Å². The van der Waals surface area contributed by atoms with Crippen molar-refractivity contribution in [1.29, 1.82) is 0 Å². The SMILES string of the molecule is CC(C)CNc1nccc(NCCc2c[nH]c3ccccc23)n1. The molecule has 2 aromatic heterocycles. The third kappa shape index (κ3) is 4.00. The highest BCUT2D eigenvalue weighted by molar-refractivity contribution is 5.83. The lowest BCUT2D eigenvalue weighted by molar-refractivity contribution is 0.684. The summed E-state index contributed by atoms with van der Waals surface area (Å²) in [6.07, 6.45) is 4.81. The van der Waals surface area contributed by atoms with Crippen LogP contribution in [0.5, 0.6) is 0 Å². The molecule has 0 spiro atoms. The van der Waals surface area contributed by atoms with Crippen molar-refractivity contribution >= 4 is 22.7 Å². The van der Waals surface area contributed by atoms with E-state index in [1.54, 1.807) is 6.20 Å². The molecule has 5 nitrogen and oxygen atoms in total. The fourth-order valence-corrected chi connectivity index (χ4v) is 2.50. The molecule has 0 bridgehead atoms. The Balaban J connectivity index is 1.57. The second kappa shape index (κ2) is 7.13. The lowest BCUT2D eigenvalue weighted by Gasteiger charge is -2.09. The Morgan fingerprint density at radius 2 is 2.00 bits per heavy atom. The fraction of sp³-hybridized carbons (Fsp3) is 0.333. The number of aromatic amines is 1. The molecule has 3 N–H and O–H groups in total. The Morgan fingerprint density at radius 1 is 1.13 bits per heavy atom. The lowest BCUT2D eigenvalue weighted by Crippen LogP contribution is -2.12. The van der Waals surface area contributed by atoms with Gasteiger partial charge in [-0.1, -0.05) is 32.0 Å². The molecule has 0 saturated heterocycles. The summed E-state index contributed by atoms with van der Waals surface area (Å²) in [4.78, 5) is 12.0. The van der Waals surface area contributed by atoms with Gasteiger partial charge in [0.25, 0.3) is 0 Å². The van der Waals surface area contributed by atoms with E-state index in [0.717, 1.165) is 25.3 Å². The van der Waals surface area contributed by atoms with Gasteiger partial charge in [-0.3, -0.25) is 0 Å². The molecule has 0 fully saturated rings. The van der Waals surface area contributed by atoms with Crippen molar-refractivity contribution in [3.63, 3.8) is 0 Å². The van der Waals surface area contributed by atoms with Crippen molar-refractivity contribution < 1.29 is 0 Å². The van der Waals surface area contributed by atoms with Gasteiger partial charge in [0.1, 0.15) is 5.82 Å². The van der Waals surface area contributed by atoms with E-state index in [0.29, 0.717) is 11.9 Å². The summed E-state index contributed by atoms with van der Waals surface area (Å²) in [5, 5.41) is 7.90. The zero-order valence-electron chi connectivity index (χ0n) is 13.6. The third-order valence-corrected chi connectivity index (χ3v) is 3.70. The summed E-state index contributed by atoms with van der Waals surface area (Å²) in [5.74, 6) is 2.10. The molecule has 23 heavy (non-hydrogen) atoms. The van der Waals surface area contributed by atoms with E-state index in [1.165, 1.54) is 16.5 Å². The van der Waals surface area contributed by atoms with Gasteiger partial charge in [-0.15, -0.1) is 0 Å². The Bertz CT molecular complexity index is 763. The summed E-state index contributed by atoms with van der Waals surface area (Å²) in [5.41, 5.74) is 2.50. The monoisotopic (exact) mass is 309 g/mol. The van der Waals surface area contributed by atoms with Gasteiger partial charge in [-0.05, 0) is 30.0 Å². The molecule has 2 heterocycles. The zero-order chi connectivity index (χ0) is 16.1. The van der Waals surface area contributed by atoms with Crippen molar-refractivity contribution in [2.24, 2.45) is 5.92 Å². The minimum atomic E-state index is 0.567. The maximum Gasteiger partial charge on any atom is 0.224 e. The highest BCUT2D eigenvalue weighted by Crippen LogP contribution is 2.18. The number of benzene rings is 1. The predicted molar refractivity (Wildman–Crippen MR) is 95.9 cm³/mol. The average molecular weight is 309 g/mol. The highest BCUT2D eigenvalue weighted by Gasteiger charge is 2.03. The molecule has 0 aliphatic heterocycles. The molecule has 0 saturated carbocycles. The van der Waals surface area contributed by atoms with E-state index in [2.05, 4.69) is 63.8 Å². The first kappa shape index (κ1) is 15.3. The van der Waals surface area contributed by atoms with Gasteiger partial charge >= 0.3 is 0 Å². The van der Waals surface area contributed by atoms with Crippen LogP contribution in [0.1, 0.15) is 19.4 Å². The van der Waals surface area contributed by atoms with Crippen molar-refractivity contribution in [2.45, 2.75) is 20.3 Å². The van der Waals surface area contributed by atoms with E-state index >= 15 is 0 Å². The summed E-state index contributed by atoms with van der Waals surface area (Å²) in [6, 6.07) is 10.3. The summed E-state index contributed by atoms with van der Waals surface area (Å²) >= 11 is 0. The second-order valence-corrected chi connectivity index (χ2v) is 6.08. The van der Waals surface area contributed by atoms with Gasteiger partial charge in [-0.25, -0.2) is 4.98 Å². The van der Waals surface area contributed by atoms with Crippen LogP contribution in [0.25, 0.3) is 10.9 Å². The van der Waals surface area contributed by atoms with Crippen LogP contribution >= 0.6 is 0 Å². The van der Waals surface area contributed by atoms with Crippen LogP contribution in [0.4, 0.5) is 11.8 Å². The number of nitrogens with zero attached hydrogens (tertiary/aromatic N) is 2. The van der Waals surface area contributed by atoms with E-state index in [-0.39, 0.29) is 0 Å². The highest BCUT2D eigenvalue weighted by atomic mass is 15.1. The lowest BCUT2D eigenvalue weighted by atomic mass is 10.1. The Kier molecular flexibility index (Phi) is 4.76. The average Bonchev–Trinajstić information content (AvgIpc) is 2.97. The van der Waals surface area contributed by atoms with Crippen LogP contribution < -0.4 is 10.6 Å². The van der Waals surface area contributed by atoms with E-state index in [9.17, 15) is 0 Å².